The number of rotatable bonds is 6. The van der Waals surface area contributed by atoms with Crippen LogP contribution in [0, 0.1) is 0 Å². The molecule has 0 aromatic rings. The first-order valence-electron chi connectivity index (χ1n) is 5.86. The zero-order chi connectivity index (χ0) is 12.0. The van der Waals surface area contributed by atoms with Crippen molar-refractivity contribution in [3.63, 3.8) is 0 Å². The van der Waals surface area contributed by atoms with E-state index in [1.165, 1.54) is 0 Å². The standard InChI is InChI=1S/C11H20N2O3/c1-2-4-9(14)7-12-10(15)8-13-6-3-5-11(13)16/h9,14H,2-8H2,1H3,(H,12,15). The van der Waals surface area contributed by atoms with Gasteiger partial charge in [0.1, 0.15) is 0 Å². The number of carbonyl (C=O) groups is 2. The molecule has 5 nitrogen and oxygen atoms in total. The molecule has 92 valence electrons. The van der Waals surface area contributed by atoms with Crippen LogP contribution in [0.25, 0.3) is 0 Å². The highest BCUT2D eigenvalue weighted by Crippen LogP contribution is 2.08. The van der Waals surface area contributed by atoms with Gasteiger partial charge in [0.2, 0.25) is 11.8 Å². The third-order valence-electron chi connectivity index (χ3n) is 2.66. The van der Waals surface area contributed by atoms with Gasteiger partial charge in [-0.2, -0.15) is 0 Å². The lowest BCUT2D eigenvalue weighted by Gasteiger charge is -2.16. The van der Waals surface area contributed by atoms with Crippen LogP contribution in [0.3, 0.4) is 0 Å². The Labute approximate surface area is 95.8 Å². The van der Waals surface area contributed by atoms with Gasteiger partial charge in [0.25, 0.3) is 0 Å². The molecule has 16 heavy (non-hydrogen) atoms. The summed E-state index contributed by atoms with van der Waals surface area (Å²) in [7, 11) is 0. The molecule has 0 saturated carbocycles. The Kier molecular flexibility index (Phi) is 5.25. The van der Waals surface area contributed by atoms with E-state index in [0.717, 1.165) is 12.8 Å². The summed E-state index contributed by atoms with van der Waals surface area (Å²) in [5, 5.41) is 12.0. The highest BCUT2D eigenvalue weighted by molar-refractivity contribution is 5.85. The molecule has 0 radical (unpaired) electrons. The van der Waals surface area contributed by atoms with Crippen LogP contribution >= 0.6 is 0 Å². The van der Waals surface area contributed by atoms with Crippen LogP contribution in [-0.2, 0) is 9.59 Å². The normalized spacial score (nSPS) is 17.6. The summed E-state index contributed by atoms with van der Waals surface area (Å²) in [5.41, 5.74) is 0. The average molecular weight is 228 g/mol. The minimum atomic E-state index is -0.483. The number of nitrogens with one attached hydrogen (secondary N) is 1. The molecule has 1 fully saturated rings. The van der Waals surface area contributed by atoms with E-state index in [0.29, 0.717) is 19.4 Å². The van der Waals surface area contributed by atoms with E-state index < -0.39 is 6.10 Å². The summed E-state index contributed by atoms with van der Waals surface area (Å²) in [6.07, 6.45) is 2.48. The Bertz CT molecular complexity index is 256. The maximum Gasteiger partial charge on any atom is 0.239 e. The summed E-state index contributed by atoms with van der Waals surface area (Å²) in [4.78, 5) is 24.2. The van der Waals surface area contributed by atoms with E-state index in [2.05, 4.69) is 5.32 Å². The van der Waals surface area contributed by atoms with Crippen molar-refractivity contribution in [2.45, 2.75) is 38.7 Å². The first kappa shape index (κ1) is 13.0. The molecule has 5 heteroatoms. The lowest BCUT2D eigenvalue weighted by Crippen LogP contribution is -2.40. The maximum absolute atomic E-state index is 11.4. The lowest BCUT2D eigenvalue weighted by molar-refractivity contribution is -0.133. The first-order chi connectivity index (χ1) is 7.63. The molecule has 1 saturated heterocycles. The molecule has 0 aromatic carbocycles. The SMILES string of the molecule is CCCC(O)CNC(=O)CN1CCCC1=O. The summed E-state index contributed by atoms with van der Waals surface area (Å²) in [6.45, 7) is 3.05. The highest BCUT2D eigenvalue weighted by Gasteiger charge is 2.22. The second-order valence-electron chi connectivity index (χ2n) is 4.17. The molecule has 1 heterocycles. The zero-order valence-electron chi connectivity index (χ0n) is 9.74. The van der Waals surface area contributed by atoms with Crippen LogP contribution in [0.1, 0.15) is 32.6 Å². The molecular weight excluding hydrogens is 208 g/mol. The van der Waals surface area contributed by atoms with Crippen LogP contribution in [-0.4, -0.2) is 47.6 Å². The molecule has 0 bridgehead atoms. The van der Waals surface area contributed by atoms with E-state index in [4.69, 9.17) is 0 Å². The Morgan fingerprint density at radius 3 is 2.94 bits per heavy atom. The van der Waals surface area contributed by atoms with E-state index in [9.17, 15) is 14.7 Å². The third kappa shape index (κ3) is 4.18. The minimum absolute atomic E-state index is 0.0456. The van der Waals surface area contributed by atoms with Crippen LogP contribution in [0.5, 0.6) is 0 Å². The van der Waals surface area contributed by atoms with Crippen molar-refractivity contribution >= 4 is 11.8 Å². The summed E-state index contributed by atoms with van der Waals surface area (Å²) in [6, 6.07) is 0. The fourth-order valence-electron chi connectivity index (χ4n) is 1.77. The van der Waals surface area contributed by atoms with Crippen LogP contribution in [0.4, 0.5) is 0 Å². The van der Waals surface area contributed by atoms with Gasteiger partial charge < -0.3 is 15.3 Å². The fraction of sp³-hybridized carbons (Fsp3) is 0.818. The number of likely N-dealkylation sites (tertiary alicyclic amines) is 1. The van der Waals surface area contributed by atoms with Crippen molar-refractivity contribution < 1.29 is 14.7 Å². The summed E-state index contributed by atoms with van der Waals surface area (Å²) in [5.74, 6) is -0.144. The molecule has 2 N–H and O–H groups in total. The van der Waals surface area contributed by atoms with Crippen LogP contribution < -0.4 is 5.32 Å². The Balaban J connectivity index is 2.18. The van der Waals surface area contributed by atoms with E-state index >= 15 is 0 Å². The quantitative estimate of drug-likeness (QED) is 0.666. The van der Waals surface area contributed by atoms with E-state index in [1.807, 2.05) is 6.92 Å². The van der Waals surface area contributed by atoms with E-state index in [-0.39, 0.29) is 24.9 Å². The van der Waals surface area contributed by atoms with Crippen molar-refractivity contribution in [2.24, 2.45) is 0 Å². The maximum atomic E-state index is 11.4. The van der Waals surface area contributed by atoms with Crippen molar-refractivity contribution in [2.75, 3.05) is 19.6 Å². The molecule has 1 aliphatic rings. The lowest BCUT2D eigenvalue weighted by atomic mass is 10.2. The third-order valence-corrected chi connectivity index (χ3v) is 2.66. The Hall–Kier alpha value is -1.10. The smallest absolute Gasteiger partial charge is 0.239 e. The number of aliphatic hydroxyl groups excluding tert-OH is 1. The van der Waals surface area contributed by atoms with E-state index in [1.54, 1.807) is 4.90 Å². The van der Waals surface area contributed by atoms with Gasteiger partial charge in [-0.3, -0.25) is 9.59 Å². The number of aliphatic hydroxyl groups is 1. The molecule has 0 aliphatic carbocycles. The minimum Gasteiger partial charge on any atom is -0.391 e. The van der Waals surface area contributed by atoms with Gasteiger partial charge in [0.15, 0.2) is 0 Å². The van der Waals surface area contributed by atoms with Crippen molar-refractivity contribution in [3.05, 3.63) is 0 Å². The van der Waals surface area contributed by atoms with Gasteiger partial charge in [-0.25, -0.2) is 0 Å². The first-order valence-corrected chi connectivity index (χ1v) is 5.86. The van der Waals surface area contributed by atoms with Gasteiger partial charge in [-0.1, -0.05) is 13.3 Å². The summed E-state index contributed by atoms with van der Waals surface area (Å²) >= 11 is 0. The molecule has 1 aliphatic heterocycles. The molecular formula is C11H20N2O3. The van der Waals surface area contributed by atoms with Gasteiger partial charge >= 0.3 is 0 Å². The van der Waals surface area contributed by atoms with Gasteiger partial charge in [-0.05, 0) is 12.8 Å². The van der Waals surface area contributed by atoms with Gasteiger partial charge in [0.05, 0.1) is 12.6 Å². The number of nitrogens with zero attached hydrogens (tertiary/aromatic N) is 1. The second kappa shape index (κ2) is 6.48. The monoisotopic (exact) mass is 228 g/mol. The topological polar surface area (TPSA) is 69.6 Å². The largest absolute Gasteiger partial charge is 0.391 e. The zero-order valence-corrected chi connectivity index (χ0v) is 9.74. The number of amides is 2. The molecule has 1 atom stereocenters. The Morgan fingerprint density at radius 1 is 1.62 bits per heavy atom. The van der Waals surface area contributed by atoms with Crippen molar-refractivity contribution in [1.29, 1.82) is 0 Å². The van der Waals surface area contributed by atoms with Crippen molar-refractivity contribution in [1.82, 2.24) is 10.2 Å². The number of carbonyl (C=O) groups excluding carboxylic acids is 2. The number of hydrogen-bond donors (Lipinski definition) is 2. The Morgan fingerprint density at radius 2 is 2.38 bits per heavy atom. The number of hydrogen-bond acceptors (Lipinski definition) is 3. The molecule has 0 spiro atoms. The second-order valence-corrected chi connectivity index (χ2v) is 4.17. The average Bonchev–Trinajstić information content (AvgIpc) is 2.62. The van der Waals surface area contributed by atoms with Crippen LogP contribution in [0.15, 0.2) is 0 Å². The predicted octanol–water partition coefficient (Wildman–Crippen LogP) is -0.114. The molecule has 1 rings (SSSR count). The van der Waals surface area contributed by atoms with Crippen LogP contribution in [0.2, 0.25) is 0 Å². The predicted molar refractivity (Wildman–Crippen MR) is 59.7 cm³/mol. The summed E-state index contributed by atoms with van der Waals surface area (Å²) < 4.78 is 0. The fourth-order valence-corrected chi connectivity index (χ4v) is 1.77. The van der Waals surface area contributed by atoms with Gasteiger partial charge in [-0.15, -0.1) is 0 Å². The van der Waals surface area contributed by atoms with Gasteiger partial charge in [0, 0.05) is 19.5 Å². The molecule has 1 unspecified atom stereocenters. The molecule has 2 amide bonds. The van der Waals surface area contributed by atoms with Crippen molar-refractivity contribution in [3.8, 4) is 0 Å². The molecule has 0 aromatic heterocycles. The highest BCUT2D eigenvalue weighted by atomic mass is 16.3.